The van der Waals surface area contributed by atoms with Crippen LogP contribution in [0.1, 0.15) is 40.0 Å². The molecule has 0 aromatic rings. The predicted octanol–water partition coefficient (Wildman–Crippen LogP) is 3.08. The Morgan fingerprint density at radius 2 is 1.75 bits per heavy atom. The van der Waals surface area contributed by atoms with Crippen LogP contribution in [-0.2, 0) is 4.74 Å². The van der Waals surface area contributed by atoms with Crippen molar-refractivity contribution in [1.29, 1.82) is 0 Å². The van der Waals surface area contributed by atoms with Gasteiger partial charge in [0, 0.05) is 31.6 Å². The fourth-order valence-electron chi connectivity index (χ4n) is 1.67. The van der Waals surface area contributed by atoms with E-state index in [1.165, 1.54) is 12.8 Å². The molecule has 0 aliphatic heterocycles. The topological polar surface area (TPSA) is 12.5 Å². The maximum atomic E-state index is 5.59. The van der Waals surface area contributed by atoms with E-state index in [-0.39, 0.29) is 0 Å². The van der Waals surface area contributed by atoms with Gasteiger partial charge in [0.15, 0.2) is 0 Å². The van der Waals surface area contributed by atoms with Gasteiger partial charge in [-0.15, -0.1) is 0 Å². The van der Waals surface area contributed by atoms with Crippen molar-refractivity contribution < 1.29 is 4.74 Å². The minimum Gasteiger partial charge on any atom is -0.381 e. The molecule has 98 valence electrons. The molecule has 0 bridgehead atoms. The Kier molecular flexibility index (Phi) is 10.6. The van der Waals surface area contributed by atoms with Crippen molar-refractivity contribution in [2.24, 2.45) is 5.92 Å². The molecule has 1 unspecified atom stereocenters. The number of rotatable bonds is 10. The van der Waals surface area contributed by atoms with Crippen molar-refractivity contribution in [1.82, 2.24) is 4.90 Å². The van der Waals surface area contributed by atoms with Gasteiger partial charge in [0.1, 0.15) is 0 Å². The van der Waals surface area contributed by atoms with E-state index in [0.717, 1.165) is 38.6 Å². The molecule has 16 heavy (non-hydrogen) atoms. The Hall–Kier alpha value is 0.270. The highest BCUT2D eigenvalue weighted by molar-refractivity contribution is 7.80. The molecule has 1 atom stereocenters. The molecular weight excluding hydrogens is 218 g/mol. The van der Waals surface area contributed by atoms with Crippen LogP contribution in [0.4, 0.5) is 0 Å². The monoisotopic (exact) mass is 247 g/mol. The van der Waals surface area contributed by atoms with Gasteiger partial charge in [0.05, 0.1) is 0 Å². The first-order valence-electron chi connectivity index (χ1n) is 6.46. The summed E-state index contributed by atoms with van der Waals surface area (Å²) >= 11 is 4.37. The zero-order valence-corrected chi connectivity index (χ0v) is 12.3. The lowest BCUT2D eigenvalue weighted by Crippen LogP contribution is -2.26. The number of hydrogen-bond acceptors (Lipinski definition) is 3. The van der Waals surface area contributed by atoms with Crippen LogP contribution in [0.5, 0.6) is 0 Å². The fraction of sp³-hybridized carbons (Fsp3) is 1.00. The van der Waals surface area contributed by atoms with Gasteiger partial charge in [-0.25, -0.2) is 0 Å². The van der Waals surface area contributed by atoms with Gasteiger partial charge < -0.3 is 9.64 Å². The Balaban J connectivity index is 3.14. The summed E-state index contributed by atoms with van der Waals surface area (Å²) in [4.78, 5) is 2.31. The lowest BCUT2D eigenvalue weighted by atomic mass is 10.1. The molecule has 0 fully saturated rings. The van der Waals surface area contributed by atoms with E-state index in [2.05, 4.69) is 45.3 Å². The van der Waals surface area contributed by atoms with Crippen molar-refractivity contribution in [3.05, 3.63) is 0 Å². The van der Waals surface area contributed by atoms with E-state index < -0.39 is 0 Å². The molecule has 0 radical (unpaired) electrons. The fourth-order valence-corrected chi connectivity index (χ4v) is 1.95. The number of hydrogen-bond donors (Lipinski definition) is 1. The lowest BCUT2D eigenvalue weighted by Gasteiger charge is -2.18. The highest BCUT2D eigenvalue weighted by Gasteiger charge is 2.01. The third-order valence-electron chi connectivity index (χ3n) is 2.47. The molecular formula is C13H29NOS. The average molecular weight is 247 g/mol. The number of ether oxygens (including phenoxy) is 1. The third kappa shape index (κ3) is 12.3. The molecule has 3 heteroatoms. The maximum absolute atomic E-state index is 5.59. The first-order valence-corrected chi connectivity index (χ1v) is 6.98. The summed E-state index contributed by atoms with van der Waals surface area (Å²) in [7, 11) is 2.14. The Morgan fingerprint density at radius 1 is 1.12 bits per heavy atom. The summed E-state index contributed by atoms with van der Waals surface area (Å²) in [6, 6.07) is 0. The highest BCUT2D eigenvalue weighted by atomic mass is 32.1. The largest absolute Gasteiger partial charge is 0.381 e. The summed E-state index contributed by atoms with van der Waals surface area (Å²) in [6.07, 6.45) is 3.59. The molecule has 0 saturated carbocycles. The normalized spacial score (nSPS) is 13.7. The van der Waals surface area contributed by atoms with Crippen LogP contribution < -0.4 is 0 Å². The zero-order chi connectivity index (χ0) is 12.4. The summed E-state index contributed by atoms with van der Waals surface area (Å²) in [5.74, 6) is 0.798. The van der Waals surface area contributed by atoms with Gasteiger partial charge >= 0.3 is 0 Å². The van der Waals surface area contributed by atoms with E-state index in [1.54, 1.807) is 0 Å². The molecule has 0 aromatic carbocycles. The molecule has 0 spiro atoms. The summed E-state index contributed by atoms with van der Waals surface area (Å²) < 4.78 is 5.59. The molecule has 0 N–H and O–H groups in total. The number of nitrogens with zero attached hydrogens (tertiary/aromatic N) is 1. The first kappa shape index (κ1) is 16.3. The smallest absolute Gasteiger partial charge is 0.0478 e. The lowest BCUT2D eigenvalue weighted by molar-refractivity contribution is 0.118. The predicted molar refractivity (Wildman–Crippen MR) is 75.5 cm³/mol. The second-order valence-corrected chi connectivity index (χ2v) is 5.99. The van der Waals surface area contributed by atoms with Crippen LogP contribution in [0.3, 0.4) is 0 Å². The maximum Gasteiger partial charge on any atom is 0.0478 e. The van der Waals surface area contributed by atoms with Crippen molar-refractivity contribution in [3.8, 4) is 0 Å². The van der Waals surface area contributed by atoms with Gasteiger partial charge in [0.25, 0.3) is 0 Å². The Bertz CT molecular complexity index is 151. The Labute approximate surface area is 107 Å². The number of thiol groups is 1. The van der Waals surface area contributed by atoms with E-state index in [4.69, 9.17) is 4.74 Å². The third-order valence-corrected chi connectivity index (χ3v) is 2.64. The van der Waals surface area contributed by atoms with E-state index in [9.17, 15) is 0 Å². The standard InChI is InChI=1S/C13H29NOS/c1-12(2)7-5-9-15-10-6-8-14(4)11-13(3)16/h12-13,16H,5-11H2,1-4H3. The Morgan fingerprint density at radius 3 is 2.31 bits per heavy atom. The molecule has 0 aliphatic carbocycles. The molecule has 0 aliphatic rings. The quantitative estimate of drug-likeness (QED) is 0.470. The average Bonchev–Trinajstić information content (AvgIpc) is 2.14. The van der Waals surface area contributed by atoms with Gasteiger partial charge in [-0.2, -0.15) is 12.6 Å². The summed E-state index contributed by atoms with van der Waals surface area (Å²) in [6.45, 7) is 10.6. The van der Waals surface area contributed by atoms with E-state index in [0.29, 0.717) is 5.25 Å². The van der Waals surface area contributed by atoms with Crippen molar-refractivity contribution >= 4 is 12.6 Å². The molecule has 0 aromatic heterocycles. The highest BCUT2D eigenvalue weighted by Crippen LogP contribution is 2.03. The molecule has 2 nitrogen and oxygen atoms in total. The summed E-state index contributed by atoms with van der Waals surface area (Å²) in [5, 5.41) is 0.456. The van der Waals surface area contributed by atoms with Gasteiger partial charge in [0.2, 0.25) is 0 Å². The second kappa shape index (κ2) is 10.4. The molecule has 0 saturated heterocycles. The van der Waals surface area contributed by atoms with Crippen LogP contribution in [0, 0.1) is 5.92 Å². The molecule has 0 heterocycles. The first-order chi connectivity index (χ1) is 7.52. The molecule has 0 rings (SSSR count). The van der Waals surface area contributed by atoms with Crippen LogP contribution in [0.15, 0.2) is 0 Å². The van der Waals surface area contributed by atoms with Crippen LogP contribution in [-0.4, -0.2) is 43.5 Å². The summed E-state index contributed by atoms with van der Waals surface area (Å²) in [5.41, 5.74) is 0. The van der Waals surface area contributed by atoms with Crippen LogP contribution >= 0.6 is 12.6 Å². The van der Waals surface area contributed by atoms with Crippen molar-refractivity contribution in [3.63, 3.8) is 0 Å². The minimum atomic E-state index is 0.456. The van der Waals surface area contributed by atoms with E-state index >= 15 is 0 Å². The minimum absolute atomic E-state index is 0.456. The van der Waals surface area contributed by atoms with Gasteiger partial charge in [-0.05, 0) is 32.2 Å². The van der Waals surface area contributed by atoms with Crippen LogP contribution in [0.25, 0.3) is 0 Å². The molecule has 0 amide bonds. The van der Waals surface area contributed by atoms with Gasteiger partial charge in [-0.1, -0.05) is 20.8 Å². The zero-order valence-electron chi connectivity index (χ0n) is 11.4. The van der Waals surface area contributed by atoms with Gasteiger partial charge in [-0.3, -0.25) is 0 Å². The SMILES string of the molecule is CC(C)CCCOCCCN(C)CC(C)S. The van der Waals surface area contributed by atoms with Crippen molar-refractivity contribution in [2.45, 2.75) is 45.3 Å². The van der Waals surface area contributed by atoms with E-state index in [1.807, 2.05) is 0 Å². The van der Waals surface area contributed by atoms with Crippen LogP contribution in [0.2, 0.25) is 0 Å². The van der Waals surface area contributed by atoms with Crippen molar-refractivity contribution in [2.75, 3.05) is 33.4 Å². The second-order valence-electron chi connectivity index (χ2n) is 5.11.